The van der Waals surface area contributed by atoms with Gasteiger partial charge in [0.15, 0.2) is 5.65 Å². The van der Waals surface area contributed by atoms with E-state index in [0.717, 1.165) is 24.1 Å². The number of aryl methyl sites for hydroxylation is 1. The van der Waals surface area contributed by atoms with Gasteiger partial charge in [-0.3, -0.25) is 9.78 Å². The van der Waals surface area contributed by atoms with Crippen molar-refractivity contribution in [2.24, 2.45) is 0 Å². The zero-order valence-corrected chi connectivity index (χ0v) is 23.9. The molecular weight excluding hydrogens is 543 g/mol. The number of nitrogens with zero attached hydrogens (tertiary/aromatic N) is 6. The van der Waals surface area contributed by atoms with Crippen LogP contribution in [0.1, 0.15) is 43.9 Å². The summed E-state index contributed by atoms with van der Waals surface area (Å²) in [4.78, 5) is 44.5. The number of piperazine rings is 1. The van der Waals surface area contributed by atoms with Crippen molar-refractivity contribution >= 4 is 34.4 Å². The van der Waals surface area contributed by atoms with Crippen molar-refractivity contribution in [3.63, 3.8) is 0 Å². The highest BCUT2D eigenvalue weighted by Crippen LogP contribution is 2.38. The van der Waals surface area contributed by atoms with Crippen LogP contribution in [0.3, 0.4) is 0 Å². The van der Waals surface area contributed by atoms with Crippen LogP contribution in [0.5, 0.6) is 0 Å². The maximum absolute atomic E-state index is 14.9. The Hall–Kier alpha value is -4.11. The first-order chi connectivity index (χ1) is 19.7. The average molecular weight is 573 g/mol. The Morgan fingerprint density at radius 3 is 2.51 bits per heavy atom. The predicted octanol–water partition coefficient (Wildman–Crippen LogP) is 5.43. The van der Waals surface area contributed by atoms with E-state index >= 15 is 0 Å². The molecule has 6 rings (SSSR count). The number of carbonyl (C=O) groups is 1. The van der Waals surface area contributed by atoms with E-state index in [2.05, 4.69) is 16.5 Å². The maximum atomic E-state index is 14.9. The molecule has 1 amide bonds. The highest BCUT2D eigenvalue weighted by Gasteiger charge is 2.42. The third-order valence-electron chi connectivity index (χ3n) is 8.07. The highest BCUT2D eigenvalue weighted by molar-refractivity contribution is 6.33. The van der Waals surface area contributed by atoms with Gasteiger partial charge in [0, 0.05) is 36.9 Å². The third kappa shape index (κ3) is 4.48. The molecule has 5 heterocycles. The van der Waals surface area contributed by atoms with Crippen LogP contribution in [-0.2, 0) is 4.79 Å². The van der Waals surface area contributed by atoms with Crippen LogP contribution in [0.25, 0.3) is 28.0 Å². The van der Waals surface area contributed by atoms with E-state index in [0.29, 0.717) is 35.6 Å². The number of hydrogen-bond acceptors (Lipinski definition) is 6. The van der Waals surface area contributed by atoms with Crippen LogP contribution in [0.4, 0.5) is 10.2 Å². The molecule has 2 fully saturated rings. The fraction of sp³-hybridized carbons (Fsp3) is 0.323. The largest absolute Gasteiger partial charge is 0.355 e. The van der Waals surface area contributed by atoms with Gasteiger partial charge in [-0.25, -0.2) is 18.7 Å². The van der Waals surface area contributed by atoms with Gasteiger partial charge >= 0.3 is 5.69 Å². The smallest absolute Gasteiger partial charge is 0.352 e. The van der Waals surface area contributed by atoms with Crippen LogP contribution in [0, 0.1) is 12.7 Å². The molecule has 0 unspecified atom stereocenters. The Bertz CT molecular complexity index is 1760. The van der Waals surface area contributed by atoms with Crippen molar-refractivity contribution in [2.45, 2.75) is 51.6 Å². The molecule has 0 saturated carbocycles. The molecule has 2 bridgehead atoms. The van der Waals surface area contributed by atoms with Crippen molar-refractivity contribution in [1.29, 1.82) is 0 Å². The second kappa shape index (κ2) is 10.4. The molecule has 2 aliphatic heterocycles. The number of amides is 1. The van der Waals surface area contributed by atoms with Crippen molar-refractivity contribution in [3.8, 4) is 16.9 Å². The van der Waals surface area contributed by atoms with Gasteiger partial charge in [-0.1, -0.05) is 44.2 Å². The van der Waals surface area contributed by atoms with Crippen LogP contribution in [-0.4, -0.2) is 55.5 Å². The second-order valence-electron chi connectivity index (χ2n) is 11.0. The second-order valence-corrected chi connectivity index (χ2v) is 11.4. The number of aromatic nitrogens is 4. The summed E-state index contributed by atoms with van der Waals surface area (Å²) < 4.78 is 16.4. The quantitative estimate of drug-likeness (QED) is 0.296. The first-order valence-electron chi connectivity index (χ1n) is 13.7. The molecule has 0 N–H and O–H groups in total. The molecule has 41 heavy (non-hydrogen) atoms. The molecule has 0 radical (unpaired) electrons. The minimum Gasteiger partial charge on any atom is -0.352 e. The van der Waals surface area contributed by atoms with E-state index in [1.54, 1.807) is 30.5 Å². The molecule has 1 aromatic carbocycles. The number of carbonyl (C=O) groups excluding carboxylic acids is 1. The zero-order chi connectivity index (χ0) is 29.0. The highest BCUT2D eigenvalue weighted by atomic mass is 35.5. The number of anilines is 1. The van der Waals surface area contributed by atoms with E-state index in [4.69, 9.17) is 16.6 Å². The van der Waals surface area contributed by atoms with E-state index in [1.165, 1.54) is 16.7 Å². The third-order valence-corrected chi connectivity index (χ3v) is 8.35. The molecule has 2 aliphatic rings. The van der Waals surface area contributed by atoms with Crippen LogP contribution >= 0.6 is 11.6 Å². The zero-order valence-electron chi connectivity index (χ0n) is 23.1. The summed E-state index contributed by atoms with van der Waals surface area (Å²) in [6.45, 7) is 10.6. The molecule has 0 spiro atoms. The van der Waals surface area contributed by atoms with E-state index in [-0.39, 0.29) is 40.2 Å². The van der Waals surface area contributed by atoms with Crippen LogP contribution in [0.2, 0.25) is 5.02 Å². The Morgan fingerprint density at radius 2 is 1.85 bits per heavy atom. The molecule has 210 valence electrons. The van der Waals surface area contributed by atoms with Gasteiger partial charge in [0.25, 0.3) is 0 Å². The molecule has 4 aromatic rings. The van der Waals surface area contributed by atoms with Gasteiger partial charge in [0.1, 0.15) is 11.6 Å². The number of benzene rings is 1. The van der Waals surface area contributed by atoms with Crippen molar-refractivity contribution in [2.75, 3.05) is 18.0 Å². The summed E-state index contributed by atoms with van der Waals surface area (Å²) in [5.74, 6) is -0.0933. The average Bonchev–Trinajstić information content (AvgIpc) is 3.21. The summed E-state index contributed by atoms with van der Waals surface area (Å²) in [5, 5.41) is 0.807. The van der Waals surface area contributed by atoms with E-state index in [9.17, 15) is 14.0 Å². The fourth-order valence-electron chi connectivity index (χ4n) is 6.22. The maximum Gasteiger partial charge on any atom is 0.355 e. The molecular formula is C31H30ClFN6O2. The van der Waals surface area contributed by atoms with Crippen molar-refractivity contribution < 1.29 is 9.18 Å². The van der Waals surface area contributed by atoms with Crippen LogP contribution < -0.4 is 10.6 Å². The van der Waals surface area contributed by atoms with Gasteiger partial charge < -0.3 is 9.80 Å². The van der Waals surface area contributed by atoms with Gasteiger partial charge in [-0.2, -0.15) is 4.98 Å². The van der Waals surface area contributed by atoms with Gasteiger partial charge in [0.05, 0.1) is 27.5 Å². The Kier molecular flexibility index (Phi) is 6.85. The first kappa shape index (κ1) is 27.1. The van der Waals surface area contributed by atoms with Gasteiger partial charge in [0.2, 0.25) is 5.91 Å². The Morgan fingerprint density at radius 1 is 1.15 bits per heavy atom. The monoisotopic (exact) mass is 572 g/mol. The lowest BCUT2D eigenvalue weighted by Gasteiger charge is -2.41. The number of pyridine rings is 2. The minimum absolute atomic E-state index is 0.0102. The summed E-state index contributed by atoms with van der Waals surface area (Å²) in [7, 11) is 0. The standard InChI is InChI=1S/C31H30ClFN6O2/c1-5-25(40)38-19-10-11-20(38)16-37(15-19)29-22-14-23(32)27(21-8-6-7-9-24(21)33)35-30(22)39(31(41)36-29)28-18(4)12-13-34-26(28)17(2)3/h5-9,12-14,17,19-20H,1,10-11,15-16H2,2-4H3/t19-,20+. The van der Waals surface area contributed by atoms with Gasteiger partial charge in [-0.05, 0) is 61.6 Å². The lowest BCUT2D eigenvalue weighted by atomic mass is 10.0. The lowest BCUT2D eigenvalue weighted by Crippen LogP contribution is -2.56. The summed E-state index contributed by atoms with van der Waals surface area (Å²) in [6, 6.07) is 9.80. The van der Waals surface area contributed by atoms with Crippen molar-refractivity contribution in [1.82, 2.24) is 24.4 Å². The topological polar surface area (TPSA) is 84.2 Å². The lowest BCUT2D eigenvalue weighted by molar-refractivity contribution is -0.129. The number of rotatable bonds is 5. The number of fused-ring (bicyclic) bond motifs is 3. The first-order valence-corrected chi connectivity index (χ1v) is 14.1. The Balaban J connectivity index is 1.62. The van der Waals surface area contributed by atoms with Crippen LogP contribution in [0.15, 0.2) is 60.0 Å². The van der Waals surface area contributed by atoms with E-state index < -0.39 is 11.5 Å². The summed E-state index contributed by atoms with van der Waals surface area (Å²) in [5.41, 5.74) is 2.43. The van der Waals surface area contributed by atoms with Gasteiger partial charge in [-0.15, -0.1) is 0 Å². The molecule has 2 atom stereocenters. The van der Waals surface area contributed by atoms with Crippen molar-refractivity contribution in [3.05, 3.63) is 87.8 Å². The molecule has 10 heteroatoms. The summed E-state index contributed by atoms with van der Waals surface area (Å²) >= 11 is 6.79. The minimum atomic E-state index is -0.517. The predicted molar refractivity (Wildman–Crippen MR) is 158 cm³/mol. The van der Waals surface area contributed by atoms with E-state index in [1.807, 2.05) is 36.6 Å². The Labute approximate surface area is 242 Å². The SMILES string of the molecule is C=CC(=O)N1[C@@H]2CC[C@H]1CN(c1nc(=O)n(-c3c(C)ccnc3C(C)C)c3nc(-c4ccccc4F)c(Cl)cc13)C2. The number of halogens is 2. The normalized spacial score (nSPS) is 18.4. The molecule has 3 aromatic heterocycles. The number of hydrogen-bond donors (Lipinski definition) is 0. The fourth-order valence-corrected chi connectivity index (χ4v) is 6.47. The summed E-state index contributed by atoms with van der Waals surface area (Å²) in [6.07, 6.45) is 4.79. The molecule has 8 nitrogen and oxygen atoms in total. The molecule has 0 aliphatic carbocycles. The molecule has 2 saturated heterocycles.